The average molecular weight is 301 g/mol. The number of benzene rings is 2. The van der Waals surface area contributed by atoms with Crippen LogP contribution in [-0.2, 0) is 4.79 Å². The van der Waals surface area contributed by atoms with Crippen molar-refractivity contribution in [1.82, 2.24) is 0 Å². The molecule has 0 aliphatic heterocycles. The summed E-state index contributed by atoms with van der Waals surface area (Å²) in [6, 6.07) is 15.7. The lowest BCUT2D eigenvalue weighted by Crippen LogP contribution is -2.30. The van der Waals surface area contributed by atoms with E-state index in [1.54, 1.807) is 55.5 Å². The van der Waals surface area contributed by atoms with E-state index in [0.717, 1.165) is 0 Å². The van der Waals surface area contributed by atoms with Gasteiger partial charge in [0.2, 0.25) is 0 Å². The Kier molecular flexibility index (Phi) is 4.81. The summed E-state index contributed by atoms with van der Waals surface area (Å²) in [5.74, 6) is 0.0683. The van der Waals surface area contributed by atoms with Crippen LogP contribution in [0.5, 0.6) is 5.75 Å². The number of nitrogens with zero attached hydrogens (tertiary/aromatic N) is 1. The molecular formula is C16H13ClN2O2. The molecule has 0 unspecified atom stereocenters. The minimum absolute atomic E-state index is 0.315. The lowest BCUT2D eigenvalue weighted by Gasteiger charge is -2.15. The van der Waals surface area contributed by atoms with Crippen LogP contribution in [0.1, 0.15) is 12.5 Å². The Labute approximate surface area is 127 Å². The van der Waals surface area contributed by atoms with Gasteiger partial charge >= 0.3 is 0 Å². The molecule has 1 atom stereocenters. The molecule has 2 aromatic carbocycles. The molecule has 5 heteroatoms. The van der Waals surface area contributed by atoms with Crippen LogP contribution in [0.25, 0.3) is 0 Å². The fraction of sp³-hybridized carbons (Fsp3) is 0.125. The largest absolute Gasteiger partial charge is 0.480 e. The van der Waals surface area contributed by atoms with Gasteiger partial charge in [-0.25, -0.2) is 0 Å². The molecule has 106 valence electrons. The molecule has 0 radical (unpaired) electrons. The molecule has 0 spiro atoms. The van der Waals surface area contributed by atoms with Crippen molar-refractivity contribution < 1.29 is 9.53 Å². The van der Waals surface area contributed by atoms with Gasteiger partial charge < -0.3 is 10.1 Å². The lowest BCUT2D eigenvalue weighted by molar-refractivity contribution is -0.122. The van der Waals surface area contributed by atoms with E-state index in [9.17, 15) is 4.79 Å². The zero-order valence-electron chi connectivity index (χ0n) is 11.3. The molecule has 21 heavy (non-hydrogen) atoms. The van der Waals surface area contributed by atoms with Gasteiger partial charge in [0.05, 0.1) is 5.56 Å². The number of para-hydroxylation sites is 1. The van der Waals surface area contributed by atoms with Crippen LogP contribution >= 0.6 is 11.6 Å². The fourth-order valence-electron chi connectivity index (χ4n) is 1.72. The van der Waals surface area contributed by atoms with E-state index in [1.165, 1.54) is 0 Å². The van der Waals surface area contributed by atoms with Crippen molar-refractivity contribution in [3.63, 3.8) is 0 Å². The zero-order chi connectivity index (χ0) is 15.2. The van der Waals surface area contributed by atoms with Crippen LogP contribution in [0.3, 0.4) is 0 Å². The molecule has 0 fully saturated rings. The normalized spacial score (nSPS) is 11.3. The third-order valence-electron chi connectivity index (χ3n) is 2.77. The minimum atomic E-state index is -0.738. The molecule has 4 nitrogen and oxygen atoms in total. The number of ether oxygens (including phenoxy) is 1. The number of amides is 1. The highest BCUT2D eigenvalue weighted by atomic mass is 35.5. The summed E-state index contributed by atoms with van der Waals surface area (Å²) >= 11 is 5.86. The van der Waals surface area contributed by atoms with Gasteiger partial charge in [-0.05, 0) is 37.3 Å². The number of carbonyl (C=O) groups excluding carboxylic acids is 1. The van der Waals surface area contributed by atoms with Crippen LogP contribution in [0.15, 0.2) is 48.5 Å². The second kappa shape index (κ2) is 6.78. The summed E-state index contributed by atoms with van der Waals surface area (Å²) in [5.41, 5.74) is 0.983. The molecule has 0 heterocycles. The van der Waals surface area contributed by atoms with Crippen LogP contribution in [-0.4, -0.2) is 12.0 Å². The first kappa shape index (κ1) is 14.9. The fourth-order valence-corrected chi connectivity index (χ4v) is 1.91. The maximum absolute atomic E-state index is 12.1. The minimum Gasteiger partial charge on any atom is -0.480 e. The summed E-state index contributed by atoms with van der Waals surface area (Å²) in [6.45, 7) is 1.62. The van der Waals surface area contributed by atoms with E-state index < -0.39 is 6.10 Å². The standard InChI is InChI=1S/C16H13ClN2O2/c1-11(21-15-8-3-2-5-12(15)10-18)16(20)19-14-7-4-6-13(17)9-14/h2-9,11H,1H3,(H,19,20)/t11-/m1/s1. The maximum Gasteiger partial charge on any atom is 0.265 e. The molecule has 0 saturated carbocycles. The smallest absolute Gasteiger partial charge is 0.265 e. The highest BCUT2D eigenvalue weighted by molar-refractivity contribution is 6.30. The van der Waals surface area contributed by atoms with Crippen molar-refractivity contribution in [3.8, 4) is 11.8 Å². The Hall–Kier alpha value is -2.51. The molecule has 0 aromatic heterocycles. The molecule has 2 aromatic rings. The third-order valence-corrected chi connectivity index (χ3v) is 3.01. The van der Waals surface area contributed by atoms with Crippen molar-refractivity contribution in [3.05, 3.63) is 59.1 Å². The van der Waals surface area contributed by atoms with Gasteiger partial charge in [-0.2, -0.15) is 5.26 Å². The van der Waals surface area contributed by atoms with Crippen molar-refractivity contribution in [2.75, 3.05) is 5.32 Å². The number of halogens is 1. The topological polar surface area (TPSA) is 62.1 Å². The average Bonchev–Trinajstić information content (AvgIpc) is 2.47. The van der Waals surface area contributed by atoms with E-state index in [4.69, 9.17) is 21.6 Å². The van der Waals surface area contributed by atoms with E-state index in [2.05, 4.69) is 5.32 Å². The van der Waals surface area contributed by atoms with Crippen LogP contribution in [0.2, 0.25) is 5.02 Å². The molecule has 0 saturated heterocycles. The Morgan fingerprint density at radius 3 is 2.76 bits per heavy atom. The van der Waals surface area contributed by atoms with Gasteiger partial charge in [0.1, 0.15) is 11.8 Å². The van der Waals surface area contributed by atoms with E-state index in [-0.39, 0.29) is 5.91 Å². The molecular weight excluding hydrogens is 288 g/mol. The van der Waals surface area contributed by atoms with Crippen LogP contribution < -0.4 is 10.1 Å². The summed E-state index contributed by atoms with van der Waals surface area (Å²) in [4.78, 5) is 12.1. The van der Waals surface area contributed by atoms with Crippen molar-refractivity contribution in [2.24, 2.45) is 0 Å². The first-order chi connectivity index (χ1) is 10.1. The Bertz CT molecular complexity index is 695. The number of nitriles is 1. The maximum atomic E-state index is 12.1. The number of anilines is 1. The number of nitrogens with one attached hydrogen (secondary N) is 1. The summed E-state index contributed by atoms with van der Waals surface area (Å²) in [6.07, 6.45) is -0.738. The van der Waals surface area contributed by atoms with Gasteiger partial charge in [-0.3, -0.25) is 4.79 Å². The van der Waals surface area contributed by atoms with E-state index in [0.29, 0.717) is 22.0 Å². The first-order valence-electron chi connectivity index (χ1n) is 6.32. The Balaban J connectivity index is 2.05. The van der Waals surface area contributed by atoms with Gasteiger partial charge in [0, 0.05) is 10.7 Å². The summed E-state index contributed by atoms with van der Waals surface area (Å²) in [7, 11) is 0. The molecule has 0 aliphatic rings. The number of rotatable bonds is 4. The monoisotopic (exact) mass is 300 g/mol. The Morgan fingerprint density at radius 1 is 1.29 bits per heavy atom. The van der Waals surface area contributed by atoms with Gasteiger partial charge in [0.25, 0.3) is 5.91 Å². The molecule has 0 aliphatic carbocycles. The predicted octanol–water partition coefficient (Wildman–Crippen LogP) is 3.62. The predicted molar refractivity (Wildman–Crippen MR) is 81.3 cm³/mol. The lowest BCUT2D eigenvalue weighted by atomic mass is 10.2. The van der Waals surface area contributed by atoms with Crippen molar-refractivity contribution >= 4 is 23.2 Å². The van der Waals surface area contributed by atoms with Gasteiger partial charge in [-0.15, -0.1) is 0 Å². The highest BCUT2D eigenvalue weighted by Gasteiger charge is 2.16. The first-order valence-corrected chi connectivity index (χ1v) is 6.70. The number of carbonyl (C=O) groups is 1. The second-order valence-electron chi connectivity index (χ2n) is 4.37. The summed E-state index contributed by atoms with van der Waals surface area (Å²) < 4.78 is 5.53. The molecule has 1 N–H and O–H groups in total. The van der Waals surface area contributed by atoms with Gasteiger partial charge in [-0.1, -0.05) is 29.8 Å². The summed E-state index contributed by atoms with van der Waals surface area (Å²) in [5, 5.41) is 12.2. The molecule has 1 amide bonds. The molecule has 2 rings (SSSR count). The number of hydrogen-bond donors (Lipinski definition) is 1. The van der Waals surface area contributed by atoms with Gasteiger partial charge in [0.15, 0.2) is 6.10 Å². The second-order valence-corrected chi connectivity index (χ2v) is 4.80. The highest BCUT2D eigenvalue weighted by Crippen LogP contribution is 2.19. The van der Waals surface area contributed by atoms with Crippen LogP contribution in [0, 0.1) is 11.3 Å². The Morgan fingerprint density at radius 2 is 2.05 bits per heavy atom. The van der Waals surface area contributed by atoms with Crippen LogP contribution in [0.4, 0.5) is 5.69 Å². The van der Waals surface area contributed by atoms with Crippen molar-refractivity contribution in [2.45, 2.75) is 13.0 Å². The molecule has 0 bridgehead atoms. The van der Waals surface area contributed by atoms with E-state index >= 15 is 0 Å². The van der Waals surface area contributed by atoms with E-state index in [1.807, 2.05) is 6.07 Å². The quantitative estimate of drug-likeness (QED) is 0.938. The number of hydrogen-bond acceptors (Lipinski definition) is 3. The third kappa shape index (κ3) is 3.98. The SMILES string of the molecule is C[C@@H](Oc1ccccc1C#N)C(=O)Nc1cccc(Cl)c1. The van der Waals surface area contributed by atoms with Crippen molar-refractivity contribution in [1.29, 1.82) is 5.26 Å². The zero-order valence-corrected chi connectivity index (χ0v) is 12.1.